The fourth-order valence-electron chi connectivity index (χ4n) is 4.61. The summed E-state index contributed by atoms with van der Waals surface area (Å²) in [4.78, 5) is 18.9. The van der Waals surface area contributed by atoms with Gasteiger partial charge in [0.05, 0.1) is 27.4 Å². The van der Waals surface area contributed by atoms with Gasteiger partial charge in [0.25, 0.3) is 5.91 Å². The molecule has 0 radical (unpaired) electrons. The van der Waals surface area contributed by atoms with Crippen molar-refractivity contribution >= 4 is 33.9 Å². The molecular weight excluding hydrogens is 426 g/mol. The number of pyridine rings is 1. The lowest BCUT2D eigenvalue weighted by molar-refractivity contribution is 0.0956. The molecule has 5 heteroatoms. The molecule has 1 N–H and O–H groups in total. The highest BCUT2D eigenvalue weighted by Crippen LogP contribution is 2.32. The number of amides is 1. The third-order valence-corrected chi connectivity index (χ3v) is 7.36. The quantitative estimate of drug-likeness (QED) is 0.257. The molecule has 0 atom stereocenters. The van der Waals surface area contributed by atoms with E-state index in [9.17, 15) is 4.79 Å². The Morgan fingerprint density at radius 1 is 1.00 bits per heavy atom. The summed E-state index contributed by atoms with van der Waals surface area (Å²) >= 11 is 1.61. The molecule has 0 unspecified atom stereocenters. The normalized spacial score (nSPS) is 15.0. The Bertz CT molecular complexity index is 1290. The lowest BCUT2D eigenvalue weighted by Gasteiger charge is -2.22. The van der Waals surface area contributed by atoms with Crippen molar-refractivity contribution in [1.29, 1.82) is 0 Å². The third-order valence-electron chi connectivity index (χ3n) is 6.46. The summed E-state index contributed by atoms with van der Waals surface area (Å²) in [6.45, 7) is 1.93. The van der Waals surface area contributed by atoms with Crippen LogP contribution in [0.3, 0.4) is 0 Å². The van der Waals surface area contributed by atoms with Crippen LogP contribution in [0.25, 0.3) is 21.5 Å². The van der Waals surface area contributed by atoms with E-state index >= 15 is 0 Å². The van der Waals surface area contributed by atoms with Gasteiger partial charge in [0.15, 0.2) is 0 Å². The van der Waals surface area contributed by atoms with Gasteiger partial charge in [-0.1, -0.05) is 67.8 Å². The maximum Gasteiger partial charge on any atom is 0.272 e. The summed E-state index contributed by atoms with van der Waals surface area (Å²) in [6, 6.07) is 22.3. The third kappa shape index (κ3) is 4.74. The molecule has 0 saturated heterocycles. The minimum absolute atomic E-state index is 0.232. The number of nitrogens with zero attached hydrogens (tertiary/aromatic N) is 2. The van der Waals surface area contributed by atoms with Gasteiger partial charge in [-0.05, 0) is 60.4 Å². The number of rotatable bonds is 5. The van der Waals surface area contributed by atoms with Gasteiger partial charge < -0.3 is 0 Å². The van der Waals surface area contributed by atoms with E-state index in [4.69, 9.17) is 4.98 Å². The number of para-hydroxylation sites is 1. The zero-order valence-electron chi connectivity index (χ0n) is 18.8. The Hall–Kier alpha value is -3.31. The first-order valence-electron chi connectivity index (χ1n) is 11.6. The van der Waals surface area contributed by atoms with Crippen LogP contribution in [0.1, 0.15) is 66.4 Å². The molecule has 0 spiro atoms. The second kappa shape index (κ2) is 9.67. The minimum atomic E-state index is -0.232. The molecular formula is C28H27N3OS. The molecule has 1 fully saturated rings. The molecule has 0 aliphatic heterocycles. The van der Waals surface area contributed by atoms with Gasteiger partial charge in [-0.25, -0.2) is 10.4 Å². The molecule has 4 nitrogen and oxygen atoms in total. The van der Waals surface area contributed by atoms with Crippen LogP contribution in [0, 0.1) is 0 Å². The summed E-state index contributed by atoms with van der Waals surface area (Å²) in [5, 5.41) is 7.24. The van der Waals surface area contributed by atoms with E-state index in [2.05, 4.69) is 34.8 Å². The van der Waals surface area contributed by atoms with Crippen LogP contribution < -0.4 is 5.43 Å². The Kier molecular flexibility index (Phi) is 6.31. The van der Waals surface area contributed by atoms with Crippen molar-refractivity contribution in [3.63, 3.8) is 0 Å². The van der Waals surface area contributed by atoms with Crippen LogP contribution in [0.4, 0.5) is 0 Å². The highest BCUT2D eigenvalue weighted by Gasteiger charge is 2.16. The maximum absolute atomic E-state index is 13.1. The van der Waals surface area contributed by atoms with Crippen molar-refractivity contribution in [2.24, 2.45) is 5.10 Å². The molecule has 2 aromatic heterocycles. The number of aromatic nitrogens is 1. The van der Waals surface area contributed by atoms with Gasteiger partial charge in [0.2, 0.25) is 0 Å². The first kappa shape index (κ1) is 21.5. The number of carbonyl (C=O) groups excluding carboxylic acids is 1. The predicted molar refractivity (Wildman–Crippen MR) is 137 cm³/mol. The molecule has 33 heavy (non-hydrogen) atoms. The zero-order valence-corrected chi connectivity index (χ0v) is 19.6. The number of benzene rings is 2. The first-order chi connectivity index (χ1) is 16.2. The number of carbonyl (C=O) groups is 1. The topological polar surface area (TPSA) is 54.4 Å². The van der Waals surface area contributed by atoms with Crippen LogP contribution in [0.5, 0.6) is 0 Å². The molecule has 5 rings (SSSR count). The minimum Gasteiger partial charge on any atom is -0.267 e. The summed E-state index contributed by atoms with van der Waals surface area (Å²) < 4.78 is 0. The van der Waals surface area contributed by atoms with Crippen LogP contribution in [0.15, 0.2) is 77.2 Å². The zero-order chi connectivity index (χ0) is 22.6. The summed E-state index contributed by atoms with van der Waals surface area (Å²) in [5.41, 5.74) is 8.16. The molecule has 1 amide bonds. The Balaban J connectivity index is 1.37. The molecule has 1 aliphatic rings. The molecule has 1 saturated carbocycles. The number of thiophene rings is 1. The largest absolute Gasteiger partial charge is 0.272 e. The lowest BCUT2D eigenvalue weighted by Crippen LogP contribution is -2.20. The van der Waals surface area contributed by atoms with Gasteiger partial charge in [-0.15, -0.1) is 11.3 Å². The standard InChI is InChI=1S/C28H27N3OS/c1-19(20-13-15-22(16-14-20)21-8-3-2-4-9-21)30-31-28(32)24-18-26(27-12-7-17-33-27)29-25-11-6-5-10-23(24)25/h5-7,10-18,21H,2-4,8-9H2,1H3,(H,31,32). The number of fused-ring (bicyclic) bond motifs is 1. The van der Waals surface area contributed by atoms with Gasteiger partial charge in [-0.2, -0.15) is 5.10 Å². The van der Waals surface area contributed by atoms with E-state index in [1.807, 2.05) is 54.8 Å². The molecule has 4 aromatic rings. The van der Waals surface area contributed by atoms with E-state index in [0.29, 0.717) is 11.5 Å². The SMILES string of the molecule is CC(=NNC(=O)c1cc(-c2cccs2)nc2ccccc12)c1ccc(C2CCCCC2)cc1. The van der Waals surface area contributed by atoms with Gasteiger partial charge in [-0.3, -0.25) is 4.79 Å². The fraction of sp³-hybridized carbons (Fsp3) is 0.250. The van der Waals surface area contributed by atoms with E-state index < -0.39 is 0 Å². The maximum atomic E-state index is 13.1. The van der Waals surface area contributed by atoms with Crippen molar-refractivity contribution in [2.45, 2.75) is 44.9 Å². The molecule has 1 aliphatic carbocycles. The smallest absolute Gasteiger partial charge is 0.267 e. The van der Waals surface area contributed by atoms with Crippen molar-refractivity contribution in [1.82, 2.24) is 10.4 Å². The first-order valence-corrected chi connectivity index (χ1v) is 12.5. The molecule has 166 valence electrons. The van der Waals surface area contributed by atoms with Crippen molar-refractivity contribution in [3.8, 4) is 10.6 Å². The second-order valence-electron chi connectivity index (χ2n) is 8.64. The van der Waals surface area contributed by atoms with E-state index in [1.165, 1.54) is 37.7 Å². The lowest BCUT2D eigenvalue weighted by atomic mass is 9.84. The van der Waals surface area contributed by atoms with E-state index in [0.717, 1.165) is 32.7 Å². The van der Waals surface area contributed by atoms with Gasteiger partial charge >= 0.3 is 0 Å². The number of nitrogens with one attached hydrogen (secondary N) is 1. The molecule has 2 aromatic carbocycles. The fourth-order valence-corrected chi connectivity index (χ4v) is 5.29. The van der Waals surface area contributed by atoms with Crippen LogP contribution >= 0.6 is 11.3 Å². The van der Waals surface area contributed by atoms with Gasteiger partial charge in [0, 0.05) is 5.39 Å². The average molecular weight is 454 g/mol. The molecule has 0 bridgehead atoms. The van der Waals surface area contributed by atoms with E-state index in [-0.39, 0.29) is 5.91 Å². The van der Waals surface area contributed by atoms with Crippen molar-refractivity contribution < 1.29 is 4.79 Å². The Labute approximate surface area is 198 Å². The average Bonchev–Trinajstić information content (AvgIpc) is 3.42. The highest BCUT2D eigenvalue weighted by molar-refractivity contribution is 7.13. The number of hydrogen-bond donors (Lipinski definition) is 1. The van der Waals surface area contributed by atoms with Gasteiger partial charge in [0.1, 0.15) is 0 Å². The summed E-state index contributed by atoms with van der Waals surface area (Å²) in [7, 11) is 0. The summed E-state index contributed by atoms with van der Waals surface area (Å²) in [6.07, 6.45) is 6.60. The monoisotopic (exact) mass is 453 g/mol. The van der Waals surface area contributed by atoms with Crippen molar-refractivity contribution in [3.05, 3.63) is 88.8 Å². The highest BCUT2D eigenvalue weighted by atomic mass is 32.1. The van der Waals surface area contributed by atoms with Crippen LogP contribution in [-0.2, 0) is 0 Å². The predicted octanol–water partition coefficient (Wildman–Crippen LogP) is 7.17. The number of hydrazone groups is 1. The second-order valence-corrected chi connectivity index (χ2v) is 9.59. The summed E-state index contributed by atoms with van der Waals surface area (Å²) in [5.74, 6) is 0.451. The van der Waals surface area contributed by atoms with Crippen LogP contribution in [0.2, 0.25) is 0 Å². The van der Waals surface area contributed by atoms with Crippen LogP contribution in [-0.4, -0.2) is 16.6 Å². The molecule has 2 heterocycles. The number of hydrogen-bond acceptors (Lipinski definition) is 4. The Morgan fingerprint density at radius 3 is 2.55 bits per heavy atom. The van der Waals surface area contributed by atoms with Crippen molar-refractivity contribution in [2.75, 3.05) is 0 Å². The van der Waals surface area contributed by atoms with E-state index in [1.54, 1.807) is 11.3 Å². The Morgan fingerprint density at radius 2 is 1.79 bits per heavy atom.